The van der Waals surface area contributed by atoms with Crippen LogP contribution in [0.2, 0.25) is 0 Å². The molecule has 18 heavy (non-hydrogen) atoms. The molecule has 0 amide bonds. The number of ether oxygens (including phenoxy) is 1. The van der Waals surface area contributed by atoms with E-state index >= 15 is 0 Å². The fourth-order valence-corrected chi connectivity index (χ4v) is 1.82. The normalized spacial score (nSPS) is 14.2. The minimum Gasteiger partial charge on any atom is -0.494 e. The van der Waals surface area contributed by atoms with Gasteiger partial charge in [-0.05, 0) is 44.4 Å². The fourth-order valence-electron chi connectivity index (χ4n) is 1.82. The molecule has 1 atom stereocenters. The third kappa shape index (κ3) is 4.67. The fraction of sp³-hybridized carbons (Fsp3) is 0.600. The lowest BCUT2D eigenvalue weighted by atomic mass is 9.94. The third-order valence-corrected chi connectivity index (χ3v) is 3.40. The first-order chi connectivity index (χ1) is 8.63. The lowest BCUT2D eigenvalue weighted by Crippen LogP contribution is -2.42. The predicted molar refractivity (Wildman–Crippen MR) is 74.8 cm³/mol. The van der Waals surface area contributed by atoms with E-state index in [0.717, 1.165) is 25.1 Å². The van der Waals surface area contributed by atoms with Crippen molar-refractivity contribution in [2.24, 2.45) is 0 Å². The van der Waals surface area contributed by atoms with E-state index < -0.39 is 0 Å². The Morgan fingerprint density at radius 2 is 1.89 bits per heavy atom. The van der Waals surface area contributed by atoms with Gasteiger partial charge in [-0.3, -0.25) is 0 Å². The van der Waals surface area contributed by atoms with Gasteiger partial charge in [0.25, 0.3) is 0 Å². The molecule has 2 N–H and O–H groups in total. The lowest BCUT2D eigenvalue weighted by Gasteiger charge is -2.29. The van der Waals surface area contributed by atoms with Crippen molar-refractivity contribution in [3.05, 3.63) is 29.8 Å². The number of benzene rings is 1. The van der Waals surface area contributed by atoms with E-state index in [4.69, 9.17) is 9.84 Å². The molecule has 0 aromatic heterocycles. The van der Waals surface area contributed by atoms with Crippen molar-refractivity contribution < 1.29 is 9.84 Å². The molecule has 0 aliphatic rings. The summed E-state index contributed by atoms with van der Waals surface area (Å²) in [5.74, 6) is 0.912. The van der Waals surface area contributed by atoms with Gasteiger partial charge in [0.15, 0.2) is 0 Å². The van der Waals surface area contributed by atoms with Crippen molar-refractivity contribution in [3.63, 3.8) is 0 Å². The van der Waals surface area contributed by atoms with E-state index in [1.165, 1.54) is 5.56 Å². The number of hydrogen-bond acceptors (Lipinski definition) is 3. The van der Waals surface area contributed by atoms with Gasteiger partial charge in [0.05, 0.1) is 6.61 Å². The summed E-state index contributed by atoms with van der Waals surface area (Å²) in [7, 11) is 0. The molecule has 1 unspecified atom stereocenters. The van der Waals surface area contributed by atoms with Crippen LogP contribution >= 0.6 is 0 Å². The van der Waals surface area contributed by atoms with Crippen LogP contribution in [0.4, 0.5) is 0 Å². The van der Waals surface area contributed by atoms with Crippen LogP contribution in [0.3, 0.4) is 0 Å². The first kappa shape index (κ1) is 15.0. The van der Waals surface area contributed by atoms with Crippen LogP contribution in [0.1, 0.15) is 39.2 Å². The number of hydrogen-bond donors (Lipinski definition) is 2. The van der Waals surface area contributed by atoms with Gasteiger partial charge >= 0.3 is 0 Å². The van der Waals surface area contributed by atoms with Crippen molar-refractivity contribution in [1.29, 1.82) is 0 Å². The number of rotatable bonds is 8. The van der Waals surface area contributed by atoms with E-state index in [1.54, 1.807) is 0 Å². The van der Waals surface area contributed by atoms with Gasteiger partial charge in [0, 0.05) is 18.7 Å². The zero-order valence-electron chi connectivity index (χ0n) is 11.7. The minimum atomic E-state index is 0.00728. The Labute approximate surface area is 110 Å². The van der Waals surface area contributed by atoms with Crippen molar-refractivity contribution >= 4 is 0 Å². The second-order valence-electron chi connectivity index (χ2n) is 4.82. The summed E-state index contributed by atoms with van der Waals surface area (Å²) < 4.78 is 5.41. The molecule has 1 aromatic carbocycles. The Morgan fingerprint density at radius 1 is 1.22 bits per heavy atom. The van der Waals surface area contributed by atoms with Crippen LogP contribution in [0, 0.1) is 0 Å². The zero-order valence-corrected chi connectivity index (χ0v) is 11.7. The maximum Gasteiger partial charge on any atom is 0.119 e. The second kappa shape index (κ2) is 7.39. The average Bonchev–Trinajstić information content (AvgIpc) is 2.39. The van der Waals surface area contributed by atoms with Gasteiger partial charge in [-0.15, -0.1) is 0 Å². The van der Waals surface area contributed by atoms with E-state index in [9.17, 15) is 0 Å². The van der Waals surface area contributed by atoms with E-state index in [1.807, 2.05) is 19.1 Å². The molecular weight excluding hydrogens is 226 g/mol. The standard InChI is InChI=1S/C15H25NO2/c1-4-15(3,10-11-17)16-12-13-6-8-14(9-7-13)18-5-2/h6-9,16-17H,4-5,10-12H2,1-3H3. The molecule has 3 heteroatoms. The monoisotopic (exact) mass is 251 g/mol. The van der Waals surface area contributed by atoms with Crippen LogP contribution in [0.15, 0.2) is 24.3 Å². The van der Waals surface area contributed by atoms with E-state index in [2.05, 4.69) is 31.3 Å². The van der Waals surface area contributed by atoms with Gasteiger partial charge in [-0.1, -0.05) is 19.1 Å². The number of aliphatic hydroxyl groups is 1. The molecule has 1 rings (SSSR count). The lowest BCUT2D eigenvalue weighted by molar-refractivity contribution is 0.214. The molecule has 3 nitrogen and oxygen atoms in total. The maximum atomic E-state index is 9.07. The number of aliphatic hydroxyl groups excluding tert-OH is 1. The summed E-state index contributed by atoms with van der Waals surface area (Å²) in [6.45, 7) is 8.01. The van der Waals surface area contributed by atoms with Crippen LogP contribution in [-0.4, -0.2) is 23.9 Å². The molecule has 0 aliphatic carbocycles. The molecule has 0 bridgehead atoms. The highest BCUT2D eigenvalue weighted by molar-refractivity contribution is 5.27. The summed E-state index contributed by atoms with van der Waals surface area (Å²) in [5, 5.41) is 12.6. The van der Waals surface area contributed by atoms with Crippen LogP contribution in [0.5, 0.6) is 5.75 Å². The highest BCUT2D eigenvalue weighted by atomic mass is 16.5. The first-order valence-electron chi connectivity index (χ1n) is 6.71. The van der Waals surface area contributed by atoms with Gasteiger partial charge in [-0.25, -0.2) is 0 Å². The molecule has 0 saturated carbocycles. The predicted octanol–water partition coefficient (Wildman–Crippen LogP) is 2.73. The third-order valence-electron chi connectivity index (χ3n) is 3.40. The van der Waals surface area contributed by atoms with Gasteiger partial charge in [0.2, 0.25) is 0 Å². The smallest absolute Gasteiger partial charge is 0.119 e. The zero-order chi connectivity index (χ0) is 13.4. The Kier molecular flexibility index (Phi) is 6.16. The summed E-state index contributed by atoms with van der Waals surface area (Å²) in [4.78, 5) is 0. The molecular formula is C15H25NO2. The van der Waals surface area contributed by atoms with E-state index in [0.29, 0.717) is 6.61 Å². The van der Waals surface area contributed by atoms with Crippen molar-refractivity contribution in [3.8, 4) is 5.75 Å². The molecule has 0 aliphatic heterocycles. The molecule has 0 heterocycles. The Hall–Kier alpha value is -1.06. The summed E-state index contributed by atoms with van der Waals surface area (Å²) in [6, 6.07) is 8.14. The van der Waals surface area contributed by atoms with Crippen LogP contribution in [-0.2, 0) is 6.54 Å². The Bertz CT molecular complexity index is 337. The van der Waals surface area contributed by atoms with E-state index in [-0.39, 0.29) is 12.1 Å². The summed E-state index contributed by atoms with van der Waals surface area (Å²) >= 11 is 0. The quantitative estimate of drug-likeness (QED) is 0.746. The maximum absolute atomic E-state index is 9.07. The van der Waals surface area contributed by atoms with Crippen LogP contribution in [0.25, 0.3) is 0 Å². The highest BCUT2D eigenvalue weighted by Crippen LogP contribution is 2.16. The van der Waals surface area contributed by atoms with Crippen molar-refractivity contribution in [2.45, 2.75) is 45.7 Å². The first-order valence-corrected chi connectivity index (χ1v) is 6.71. The number of nitrogens with one attached hydrogen (secondary N) is 1. The van der Waals surface area contributed by atoms with Crippen molar-refractivity contribution in [2.75, 3.05) is 13.2 Å². The average molecular weight is 251 g/mol. The molecule has 0 saturated heterocycles. The highest BCUT2D eigenvalue weighted by Gasteiger charge is 2.19. The Morgan fingerprint density at radius 3 is 2.39 bits per heavy atom. The molecule has 102 valence electrons. The van der Waals surface area contributed by atoms with Gasteiger partial charge in [-0.2, -0.15) is 0 Å². The molecule has 0 radical (unpaired) electrons. The SMILES string of the molecule is CCOc1ccc(CNC(C)(CC)CCO)cc1. The summed E-state index contributed by atoms with van der Waals surface area (Å²) in [5.41, 5.74) is 1.24. The van der Waals surface area contributed by atoms with Crippen LogP contribution < -0.4 is 10.1 Å². The Balaban J connectivity index is 2.51. The molecule has 1 aromatic rings. The summed E-state index contributed by atoms with van der Waals surface area (Å²) in [6.07, 6.45) is 1.78. The largest absolute Gasteiger partial charge is 0.494 e. The minimum absolute atomic E-state index is 0.00728. The second-order valence-corrected chi connectivity index (χ2v) is 4.82. The molecule has 0 fully saturated rings. The van der Waals surface area contributed by atoms with Gasteiger partial charge in [0.1, 0.15) is 5.75 Å². The van der Waals surface area contributed by atoms with Crippen molar-refractivity contribution in [1.82, 2.24) is 5.32 Å². The topological polar surface area (TPSA) is 41.5 Å². The van der Waals surface area contributed by atoms with Gasteiger partial charge < -0.3 is 15.2 Å². The molecule has 0 spiro atoms.